The molecule has 0 aromatic carbocycles. The number of aromatic nitrogens is 3. The third-order valence-corrected chi connectivity index (χ3v) is 5.49. The Morgan fingerprint density at radius 1 is 1.27 bits per heavy atom. The predicted molar refractivity (Wildman–Crippen MR) is 123 cm³/mol. The first-order valence-corrected chi connectivity index (χ1v) is 10.7. The van der Waals surface area contributed by atoms with Crippen LogP contribution in [0.4, 0.5) is 16.3 Å². The minimum Gasteiger partial charge on any atom is -0.476 e. The number of carboxylic acid groups (broad SMARTS) is 1. The van der Waals surface area contributed by atoms with Crippen molar-refractivity contribution in [3.63, 3.8) is 0 Å². The molecule has 0 radical (unpaired) electrons. The van der Waals surface area contributed by atoms with Gasteiger partial charge >= 0.3 is 12.1 Å². The zero-order chi connectivity index (χ0) is 23.5. The highest BCUT2D eigenvalue weighted by Crippen LogP contribution is 2.28. The van der Waals surface area contributed by atoms with Gasteiger partial charge in [0.05, 0.1) is 23.5 Å². The van der Waals surface area contributed by atoms with Crippen LogP contribution in [0.15, 0.2) is 48.8 Å². The summed E-state index contributed by atoms with van der Waals surface area (Å²) < 4.78 is 5.32. The fraction of sp³-hybridized carbons (Fsp3) is 0.261. The summed E-state index contributed by atoms with van der Waals surface area (Å²) in [5, 5.41) is 12.7. The lowest BCUT2D eigenvalue weighted by Gasteiger charge is -2.23. The van der Waals surface area contributed by atoms with Crippen LogP contribution in [0, 0.1) is 6.92 Å². The van der Waals surface area contributed by atoms with E-state index in [4.69, 9.17) is 21.3 Å². The number of amides is 1. The number of cyclic esters (lactones) is 1. The van der Waals surface area contributed by atoms with Crippen LogP contribution in [0.3, 0.4) is 0 Å². The SMILES string of the molecule is Cc1cc([C@@H](C)Nc2ccc(Cl)nc2C(=O)O)nc(N2C(=O)OC[C@@H]2Cc2ccncc2)c1. The lowest BCUT2D eigenvalue weighted by Crippen LogP contribution is -2.36. The second-order valence-electron chi connectivity index (χ2n) is 7.79. The van der Waals surface area contributed by atoms with E-state index in [-0.39, 0.29) is 29.5 Å². The third-order valence-electron chi connectivity index (χ3n) is 5.28. The predicted octanol–water partition coefficient (Wildman–Crippen LogP) is 4.27. The van der Waals surface area contributed by atoms with Crippen molar-refractivity contribution in [1.82, 2.24) is 15.0 Å². The van der Waals surface area contributed by atoms with Crippen LogP contribution in [0.1, 0.15) is 40.3 Å². The summed E-state index contributed by atoms with van der Waals surface area (Å²) in [5.41, 5.74) is 2.72. The monoisotopic (exact) mass is 467 g/mol. The molecule has 3 aromatic heterocycles. The molecule has 0 saturated carbocycles. The van der Waals surface area contributed by atoms with Gasteiger partial charge in [0.25, 0.3) is 0 Å². The fourth-order valence-electron chi connectivity index (χ4n) is 3.73. The van der Waals surface area contributed by atoms with Crippen molar-refractivity contribution < 1.29 is 19.4 Å². The number of anilines is 2. The van der Waals surface area contributed by atoms with Gasteiger partial charge in [0.15, 0.2) is 5.69 Å². The number of carboxylic acids is 1. The van der Waals surface area contributed by atoms with Crippen molar-refractivity contribution in [3.8, 4) is 0 Å². The Balaban J connectivity index is 1.61. The zero-order valence-electron chi connectivity index (χ0n) is 18.0. The Labute approximate surface area is 195 Å². The summed E-state index contributed by atoms with van der Waals surface area (Å²) in [7, 11) is 0. The Kier molecular flexibility index (Phi) is 6.41. The molecule has 1 aliphatic heterocycles. The van der Waals surface area contributed by atoms with Crippen LogP contribution in [0.5, 0.6) is 0 Å². The van der Waals surface area contributed by atoms with Crippen LogP contribution < -0.4 is 10.2 Å². The number of rotatable bonds is 7. The standard InChI is InChI=1S/C23H22ClN5O4/c1-13-9-18(14(2)26-17-3-4-19(24)28-21(17)22(30)31)27-20(10-13)29-16(12-33-23(29)32)11-15-5-7-25-8-6-15/h3-10,14,16,26H,11-12H2,1-2H3,(H,30,31)/t14-,16+/m1/s1. The van der Waals surface area contributed by atoms with Crippen molar-refractivity contribution in [2.45, 2.75) is 32.4 Å². The highest BCUT2D eigenvalue weighted by Gasteiger charge is 2.35. The molecule has 1 amide bonds. The number of hydrogen-bond acceptors (Lipinski definition) is 7. The number of nitrogens with one attached hydrogen (secondary N) is 1. The molecule has 10 heteroatoms. The van der Waals surface area contributed by atoms with Crippen LogP contribution >= 0.6 is 11.6 Å². The van der Waals surface area contributed by atoms with Crippen molar-refractivity contribution in [2.24, 2.45) is 0 Å². The number of halogens is 1. The van der Waals surface area contributed by atoms with Crippen LogP contribution in [0.25, 0.3) is 0 Å². The smallest absolute Gasteiger partial charge is 0.415 e. The molecule has 2 N–H and O–H groups in total. The van der Waals surface area contributed by atoms with E-state index in [9.17, 15) is 14.7 Å². The van der Waals surface area contributed by atoms with Gasteiger partial charge in [-0.25, -0.2) is 19.6 Å². The van der Waals surface area contributed by atoms with E-state index in [0.717, 1.165) is 11.1 Å². The van der Waals surface area contributed by atoms with Gasteiger partial charge in [-0.1, -0.05) is 11.6 Å². The minimum absolute atomic E-state index is 0.0920. The number of aromatic carboxylic acids is 1. The maximum atomic E-state index is 12.6. The zero-order valence-corrected chi connectivity index (χ0v) is 18.8. The van der Waals surface area contributed by atoms with Gasteiger partial charge < -0.3 is 15.2 Å². The summed E-state index contributed by atoms with van der Waals surface area (Å²) >= 11 is 5.85. The normalized spacial score (nSPS) is 16.4. The first kappa shape index (κ1) is 22.5. The molecule has 1 saturated heterocycles. The Morgan fingerprint density at radius 3 is 2.76 bits per heavy atom. The van der Waals surface area contributed by atoms with Crippen LogP contribution in [-0.4, -0.2) is 44.8 Å². The summed E-state index contributed by atoms with van der Waals surface area (Å²) in [6.45, 7) is 4.02. The van der Waals surface area contributed by atoms with Gasteiger partial charge in [-0.15, -0.1) is 0 Å². The van der Waals surface area contributed by atoms with E-state index in [1.54, 1.807) is 23.4 Å². The van der Waals surface area contributed by atoms with E-state index < -0.39 is 12.1 Å². The highest BCUT2D eigenvalue weighted by atomic mass is 35.5. The van der Waals surface area contributed by atoms with E-state index in [0.29, 0.717) is 23.6 Å². The molecule has 4 heterocycles. The molecular weight excluding hydrogens is 446 g/mol. The van der Waals surface area contributed by atoms with Gasteiger partial charge in [-0.3, -0.25) is 9.88 Å². The van der Waals surface area contributed by atoms with E-state index in [1.807, 2.05) is 38.1 Å². The molecule has 4 rings (SSSR count). The van der Waals surface area contributed by atoms with Crippen molar-refractivity contribution in [2.75, 3.05) is 16.8 Å². The number of pyridine rings is 3. The number of carbonyl (C=O) groups excluding carboxylic acids is 1. The topological polar surface area (TPSA) is 118 Å². The maximum absolute atomic E-state index is 12.6. The second kappa shape index (κ2) is 9.41. The fourth-order valence-corrected chi connectivity index (χ4v) is 3.87. The molecular formula is C23H22ClN5O4. The van der Waals surface area contributed by atoms with Crippen molar-refractivity contribution >= 4 is 35.2 Å². The lowest BCUT2D eigenvalue weighted by atomic mass is 10.1. The number of ether oxygens (including phenoxy) is 1. The van der Waals surface area contributed by atoms with Crippen molar-refractivity contribution in [3.05, 3.63) is 76.5 Å². The van der Waals surface area contributed by atoms with Gasteiger partial charge in [-0.05, 0) is 67.8 Å². The summed E-state index contributed by atoms with van der Waals surface area (Å²) in [5.74, 6) is -0.711. The van der Waals surface area contributed by atoms with E-state index in [1.165, 1.54) is 6.07 Å². The first-order chi connectivity index (χ1) is 15.8. The summed E-state index contributed by atoms with van der Waals surface area (Å²) in [6.07, 6.45) is 3.58. The molecule has 0 aliphatic carbocycles. The molecule has 0 spiro atoms. The number of carbonyl (C=O) groups is 2. The van der Waals surface area contributed by atoms with Gasteiger partial charge in [0.2, 0.25) is 0 Å². The molecule has 0 bridgehead atoms. The van der Waals surface area contributed by atoms with E-state index >= 15 is 0 Å². The maximum Gasteiger partial charge on any atom is 0.415 e. The number of aryl methyl sites for hydroxylation is 1. The third kappa shape index (κ3) is 5.04. The molecule has 33 heavy (non-hydrogen) atoms. The van der Waals surface area contributed by atoms with Gasteiger partial charge in [-0.2, -0.15) is 0 Å². The van der Waals surface area contributed by atoms with Gasteiger partial charge in [0, 0.05) is 12.4 Å². The average Bonchev–Trinajstić information content (AvgIpc) is 3.14. The molecule has 1 fully saturated rings. The van der Waals surface area contributed by atoms with Gasteiger partial charge in [0.1, 0.15) is 17.6 Å². The van der Waals surface area contributed by atoms with Crippen LogP contribution in [-0.2, 0) is 11.2 Å². The second-order valence-corrected chi connectivity index (χ2v) is 8.18. The molecule has 2 atom stereocenters. The van der Waals surface area contributed by atoms with E-state index in [2.05, 4.69) is 15.3 Å². The minimum atomic E-state index is -1.19. The Morgan fingerprint density at radius 2 is 2.03 bits per heavy atom. The Bertz CT molecular complexity index is 1190. The number of hydrogen-bond donors (Lipinski definition) is 2. The molecule has 3 aromatic rings. The average molecular weight is 468 g/mol. The quantitative estimate of drug-likeness (QED) is 0.494. The first-order valence-electron chi connectivity index (χ1n) is 10.3. The highest BCUT2D eigenvalue weighted by molar-refractivity contribution is 6.29. The summed E-state index contributed by atoms with van der Waals surface area (Å²) in [6, 6.07) is 10.0. The van der Waals surface area contributed by atoms with Crippen molar-refractivity contribution in [1.29, 1.82) is 0 Å². The Hall–Kier alpha value is -3.72. The van der Waals surface area contributed by atoms with Crippen LogP contribution in [0.2, 0.25) is 5.15 Å². The summed E-state index contributed by atoms with van der Waals surface area (Å²) in [4.78, 5) is 38.3. The number of nitrogens with zero attached hydrogens (tertiary/aromatic N) is 4. The molecule has 0 unspecified atom stereocenters. The molecule has 9 nitrogen and oxygen atoms in total. The molecule has 1 aliphatic rings. The lowest BCUT2D eigenvalue weighted by molar-refractivity contribution is 0.0691. The molecule has 170 valence electrons. The largest absolute Gasteiger partial charge is 0.476 e.